The molecule has 1 aromatic heterocycles. The molecule has 0 saturated carbocycles. The Morgan fingerprint density at radius 3 is 2.32 bits per heavy atom. The van der Waals surface area contributed by atoms with Gasteiger partial charge in [-0.25, -0.2) is 18.5 Å². The molecular weight excluding hydrogens is 394 g/mol. The van der Waals surface area contributed by atoms with Crippen LogP contribution >= 0.6 is 11.3 Å². The first kappa shape index (κ1) is 20.2. The number of hydrogen-bond acceptors (Lipinski definition) is 5. The number of rotatable bonds is 6. The van der Waals surface area contributed by atoms with Crippen LogP contribution in [-0.4, -0.2) is 25.9 Å². The molecule has 0 aliphatic rings. The van der Waals surface area contributed by atoms with Gasteiger partial charge in [-0.2, -0.15) is 0 Å². The normalized spacial score (nSPS) is 11.4. The number of hydrogen-bond donors (Lipinski definition) is 2. The van der Waals surface area contributed by atoms with Gasteiger partial charge in [0.2, 0.25) is 10.0 Å². The van der Waals surface area contributed by atoms with E-state index in [0.29, 0.717) is 23.5 Å². The van der Waals surface area contributed by atoms with Crippen LogP contribution in [0.4, 0.5) is 0 Å². The molecule has 3 aromatic rings. The smallest absolute Gasteiger partial charge is 0.263 e. The quantitative estimate of drug-likeness (QED) is 0.646. The van der Waals surface area contributed by atoms with E-state index >= 15 is 0 Å². The standard InChI is InChI=1S/C20H21N3O3S2/c1-13-3-7-16(8-4-13)20-23-14(2)18(27-20)19(24)22-12-11-15-5-9-17(10-6-15)28(21,25)26/h3-10H,11-12H2,1-2H3,(H,22,24)(H2,21,25,26). The lowest BCUT2D eigenvalue weighted by Crippen LogP contribution is -2.25. The molecule has 6 nitrogen and oxygen atoms in total. The van der Waals surface area contributed by atoms with Gasteiger partial charge in [0, 0.05) is 12.1 Å². The van der Waals surface area contributed by atoms with Gasteiger partial charge in [0.05, 0.1) is 10.6 Å². The summed E-state index contributed by atoms with van der Waals surface area (Å²) in [6.07, 6.45) is 0.583. The summed E-state index contributed by atoms with van der Waals surface area (Å²) in [5.74, 6) is -0.158. The molecule has 8 heteroatoms. The molecule has 0 radical (unpaired) electrons. The number of nitrogens with zero attached hydrogens (tertiary/aromatic N) is 1. The number of amides is 1. The first-order valence-corrected chi connectivity index (χ1v) is 11.0. The van der Waals surface area contributed by atoms with Crippen molar-refractivity contribution in [3.05, 3.63) is 70.2 Å². The number of benzene rings is 2. The van der Waals surface area contributed by atoms with Crippen molar-refractivity contribution in [3.63, 3.8) is 0 Å². The van der Waals surface area contributed by atoms with Crippen molar-refractivity contribution in [2.24, 2.45) is 5.14 Å². The minimum Gasteiger partial charge on any atom is -0.351 e. The number of nitrogens with one attached hydrogen (secondary N) is 1. The second-order valence-corrected chi connectivity index (χ2v) is 9.05. The van der Waals surface area contributed by atoms with Gasteiger partial charge in [0.25, 0.3) is 5.91 Å². The van der Waals surface area contributed by atoms with Crippen molar-refractivity contribution >= 4 is 27.3 Å². The highest BCUT2D eigenvalue weighted by atomic mass is 32.2. The second-order valence-electron chi connectivity index (χ2n) is 6.49. The van der Waals surface area contributed by atoms with E-state index in [1.807, 2.05) is 38.1 Å². The summed E-state index contributed by atoms with van der Waals surface area (Å²) in [4.78, 5) is 17.7. The zero-order valence-corrected chi connectivity index (χ0v) is 17.2. The fourth-order valence-corrected chi connectivity index (χ4v) is 4.18. The van der Waals surface area contributed by atoms with Crippen LogP contribution in [-0.2, 0) is 16.4 Å². The largest absolute Gasteiger partial charge is 0.351 e. The zero-order valence-electron chi connectivity index (χ0n) is 15.6. The Morgan fingerprint density at radius 2 is 1.71 bits per heavy atom. The predicted molar refractivity (Wildman–Crippen MR) is 111 cm³/mol. The van der Waals surface area contributed by atoms with Gasteiger partial charge in [-0.3, -0.25) is 4.79 Å². The first-order valence-electron chi connectivity index (χ1n) is 8.68. The summed E-state index contributed by atoms with van der Waals surface area (Å²) in [6, 6.07) is 14.4. The van der Waals surface area contributed by atoms with Crippen molar-refractivity contribution in [3.8, 4) is 10.6 Å². The number of sulfonamides is 1. The summed E-state index contributed by atoms with van der Waals surface area (Å²) in [5.41, 5.74) is 3.78. The highest BCUT2D eigenvalue weighted by molar-refractivity contribution is 7.89. The molecule has 0 aliphatic heterocycles. The molecule has 3 N–H and O–H groups in total. The Labute approximate surface area is 168 Å². The van der Waals surface area contributed by atoms with Crippen LogP contribution in [0.15, 0.2) is 53.4 Å². The van der Waals surface area contributed by atoms with Crippen molar-refractivity contribution in [2.45, 2.75) is 25.2 Å². The Bertz CT molecular complexity index is 1090. The van der Waals surface area contributed by atoms with E-state index in [0.717, 1.165) is 16.1 Å². The summed E-state index contributed by atoms with van der Waals surface area (Å²) >= 11 is 1.37. The lowest BCUT2D eigenvalue weighted by atomic mass is 10.1. The Morgan fingerprint density at radius 1 is 1.07 bits per heavy atom. The maximum Gasteiger partial charge on any atom is 0.263 e. The fourth-order valence-electron chi connectivity index (χ4n) is 2.67. The summed E-state index contributed by atoms with van der Waals surface area (Å²) in [6.45, 7) is 4.29. The van der Waals surface area contributed by atoms with Gasteiger partial charge >= 0.3 is 0 Å². The topological polar surface area (TPSA) is 102 Å². The van der Waals surface area contributed by atoms with Gasteiger partial charge in [0.1, 0.15) is 9.88 Å². The highest BCUT2D eigenvalue weighted by Gasteiger charge is 2.16. The molecule has 146 valence electrons. The molecule has 0 bridgehead atoms. The minimum atomic E-state index is -3.69. The third-order valence-electron chi connectivity index (χ3n) is 4.25. The molecule has 0 spiro atoms. The molecule has 0 atom stereocenters. The maximum atomic E-state index is 12.5. The molecule has 1 heterocycles. The van der Waals surface area contributed by atoms with Crippen LogP contribution in [0.25, 0.3) is 10.6 Å². The Balaban J connectivity index is 1.61. The molecule has 0 saturated heterocycles. The molecule has 2 aromatic carbocycles. The molecule has 0 unspecified atom stereocenters. The van der Waals surface area contributed by atoms with Crippen LogP contribution in [0.5, 0.6) is 0 Å². The van der Waals surface area contributed by atoms with E-state index < -0.39 is 10.0 Å². The third kappa shape index (κ3) is 4.83. The third-order valence-corrected chi connectivity index (χ3v) is 6.39. The van der Waals surface area contributed by atoms with E-state index in [-0.39, 0.29) is 10.8 Å². The van der Waals surface area contributed by atoms with Crippen LogP contribution in [0.1, 0.15) is 26.5 Å². The first-order chi connectivity index (χ1) is 13.2. The maximum absolute atomic E-state index is 12.5. The van der Waals surface area contributed by atoms with Gasteiger partial charge in [0.15, 0.2) is 0 Å². The van der Waals surface area contributed by atoms with Crippen molar-refractivity contribution in [1.29, 1.82) is 0 Å². The van der Waals surface area contributed by atoms with Gasteiger partial charge in [-0.1, -0.05) is 42.0 Å². The fraction of sp³-hybridized carbons (Fsp3) is 0.200. The number of carbonyl (C=O) groups is 1. The zero-order chi connectivity index (χ0) is 20.3. The van der Waals surface area contributed by atoms with E-state index in [2.05, 4.69) is 10.3 Å². The highest BCUT2D eigenvalue weighted by Crippen LogP contribution is 2.28. The van der Waals surface area contributed by atoms with Gasteiger partial charge < -0.3 is 5.32 Å². The molecule has 0 aliphatic carbocycles. The molecule has 3 rings (SSSR count). The van der Waals surface area contributed by atoms with Crippen molar-refractivity contribution in [1.82, 2.24) is 10.3 Å². The van der Waals surface area contributed by atoms with E-state index in [4.69, 9.17) is 5.14 Å². The van der Waals surface area contributed by atoms with E-state index in [1.165, 1.54) is 29.0 Å². The van der Waals surface area contributed by atoms with Gasteiger partial charge in [-0.05, 0) is 38.0 Å². The predicted octanol–water partition coefficient (Wildman–Crippen LogP) is 3.05. The lowest BCUT2D eigenvalue weighted by molar-refractivity contribution is 0.0957. The number of aryl methyl sites for hydroxylation is 2. The second kappa shape index (κ2) is 8.22. The summed E-state index contributed by atoms with van der Waals surface area (Å²) in [7, 11) is -3.69. The number of carbonyl (C=O) groups excluding carboxylic acids is 1. The minimum absolute atomic E-state index is 0.0733. The Hall–Kier alpha value is -2.55. The van der Waals surface area contributed by atoms with Crippen LogP contribution in [0.2, 0.25) is 0 Å². The van der Waals surface area contributed by atoms with E-state index in [9.17, 15) is 13.2 Å². The SMILES string of the molecule is Cc1ccc(-c2nc(C)c(C(=O)NCCc3ccc(S(N)(=O)=O)cc3)s2)cc1. The van der Waals surface area contributed by atoms with Crippen LogP contribution in [0.3, 0.4) is 0 Å². The summed E-state index contributed by atoms with van der Waals surface area (Å²) < 4.78 is 22.5. The molecule has 1 amide bonds. The molecule has 0 fully saturated rings. The number of nitrogens with two attached hydrogens (primary N) is 1. The monoisotopic (exact) mass is 415 g/mol. The van der Waals surface area contributed by atoms with Crippen LogP contribution in [0, 0.1) is 13.8 Å². The van der Waals surface area contributed by atoms with Crippen molar-refractivity contribution in [2.75, 3.05) is 6.54 Å². The Kier molecular flexibility index (Phi) is 5.93. The van der Waals surface area contributed by atoms with Crippen LogP contribution < -0.4 is 10.5 Å². The average Bonchev–Trinajstić information content (AvgIpc) is 3.04. The molecule has 28 heavy (non-hydrogen) atoms. The average molecular weight is 416 g/mol. The van der Waals surface area contributed by atoms with Crippen molar-refractivity contribution < 1.29 is 13.2 Å². The van der Waals surface area contributed by atoms with Gasteiger partial charge in [-0.15, -0.1) is 11.3 Å². The van der Waals surface area contributed by atoms with E-state index in [1.54, 1.807) is 12.1 Å². The summed E-state index contributed by atoms with van der Waals surface area (Å²) in [5, 5.41) is 8.80. The molecular formula is C20H21N3O3S2. The number of thiazole rings is 1. The lowest BCUT2D eigenvalue weighted by Gasteiger charge is -2.05. The number of aromatic nitrogens is 1. The number of primary sulfonamides is 1.